The topological polar surface area (TPSA) is 66.8 Å². The first-order valence-corrected chi connectivity index (χ1v) is 5.12. The van der Waals surface area contributed by atoms with Gasteiger partial charge in [0.25, 0.3) is 0 Å². The van der Waals surface area contributed by atoms with E-state index >= 15 is 0 Å². The highest BCUT2D eigenvalue weighted by Crippen LogP contribution is 2.29. The Morgan fingerprint density at radius 3 is 2.60 bits per heavy atom. The third kappa shape index (κ3) is 4.78. The summed E-state index contributed by atoms with van der Waals surface area (Å²) in [5.74, 6) is -0.425. The van der Waals surface area contributed by atoms with Gasteiger partial charge in [-0.3, -0.25) is 9.59 Å². The summed E-state index contributed by atoms with van der Waals surface area (Å²) in [6, 6.07) is 0. The monoisotopic (exact) mass is 215 g/mol. The minimum absolute atomic E-state index is 0.00216. The van der Waals surface area contributed by atoms with Crippen molar-refractivity contribution in [3.63, 3.8) is 0 Å². The summed E-state index contributed by atoms with van der Waals surface area (Å²) >= 11 is 0. The van der Waals surface area contributed by atoms with Crippen LogP contribution in [-0.2, 0) is 14.3 Å². The van der Waals surface area contributed by atoms with Crippen LogP contribution in [0.4, 0.5) is 0 Å². The van der Waals surface area contributed by atoms with Crippen molar-refractivity contribution in [1.29, 1.82) is 0 Å². The van der Waals surface area contributed by atoms with Crippen molar-refractivity contribution >= 4 is 11.9 Å². The fourth-order valence-electron chi connectivity index (χ4n) is 1.38. The van der Waals surface area contributed by atoms with Crippen LogP contribution >= 0.6 is 0 Å². The number of rotatable bonds is 7. The van der Waals surface area contributed by atoms with Gasteiger partial charge in [0.1, 0.15) is 6.61 Å². The molecule has 0 aliphatic heterocycles. The maximum absolute atomic E-state index is 11.5. The summed E-state index contributed by atoms with van der Waals surface area (Å²) in [6.45, 7) is 0.996. The normalized spacial score (nSPS) is 15.0. The number of ether oxygens (including phenoxy) is 1. The van der Waals surface area contributed by atoms with Crippen LogP contribution in [0.3, 0.4) is 0 Å². The Labute approximate surface area is 89.0 Å². The molecular formula is C10H17NO4. The van der Waals surface area contributed by atoms with E-state index in [4.69, 9.17) is 9.84 Å². The molecule has 0 heterocycles. The van der Waals surface area contributed by atoms with E-state index in [0.29, 0.717) is 12.5 Å². The van der Waals surface area contributed by atoms with Crippen LogP contribution in [-0.4, -0.2) is 48.7 Å². The first kappa shape index (κ1) is 12.0. The summed E-state index contributed by atoms with van der Waals surface area (Å²) in [7, 11) is 1.46. The van der Waals surface area contributed by atoms with E-state index in [1.807, 2.05) is 0 Å². The van der Waals surface area contributed by atoms with Crippen LogP contribution in [0.1, 0.15) is 19.3 Å². The predicted octanol–water partition coefficient (Wildman–Crippen LogP) is 0.346. The minimum atomic E-state index is -0.874. The lowest BCUT2D eigenvalue weighted by Crippen LogP contribution is -2.37. The summed E-state index contributed by atoms with van der Waals surface area (Å²) < 4.78 is 4.75. The van der Waals surface area contributed by atoms with Crippen molar-refractivity contribution < 1.29 is 19.4 Å². The molecule has 0 radical (unpaired) electrons. The smallest absolute Gasteiger partial charge is 0.305 e. The molecule has 0 spiro atoms. The van der Waals surface area contributed by atoms with Gasteiger partial charge in [0.2, 0.25) is 5.91 Å². The highest BCUT2D eigenvalue weighted by atomic mass is 16.5. The van der Waals surface area contributed by atoms with Gasteiger partial charge >= 0.3 is 5.97 Å². The number of carbonyl (C=O) groups excluding carboxylic acids is 1. The Bertz CT molecular complexity index is 238. The van der Waals surface area contributed by atoms with E-state index in [-0.39, 0.29) is 25.5 Å². The third-order valence-corrected chi connectivity index (χ3v) is 2.39. The third-order valence-electron chi connectivity index (χ3n) is 2.39. The molecule has 86 valence electrons. The number of hydrogen-bond acceptors (Lipinski definition) is 3. The molecule has 1 saturated carbocycles. The van der Waals surface area contributed by atoms with E-state index in [1.54, 1.807) is 4.90 Å². The lowest BCUT2D eigenvalue weighted by atomic mass is 10.3. The zero-order valence-corrected chi connectivity index (χ0v) is 8.94. The van der Waals surface area contributed by atoms with Crippen molar-refractivity contribution in [2.75, 3.05) is 26.8 Å². The molecular weight excluding hydrogens is 198 g/mol. The van der Waals surface area contributed by atoms with Crippen LogP contribution in [0.2, 0.25) is 0 Å². The lowest BCUT2D eigenvalue weighted by Gasteiger charge is -2.21. The first-order chi connectivity index (χ1) is 7.13. The van der Waals surface area contributed by atoms with E-state index < -0.39 is 5.97 Å². The fourth-order valence-corrected chi connectivity index (χ4v) is 1.38. The maximum atomic E-state index is 11.5. The minimum Gasteiger partial charge on any atom is -0.481 e. The number of nitrogens with zero attached hydrogens (tertiary/aromatic N) is 1. The zero-order valence-electron chi connectivity index (χ0n) is 8.94. The van der Waals surface area contributed by atoms with Crippen LogP contribution < -0.4 is 0 Å². The molecule has 1 rings (SSSR count). The first-order valence-electron chi connectivity index (χ1n) is 5.12. The van der Waals surface area contributed by atoms with Crippen LogP contribution in [0, 0.1) is 5.92 Å². The number of carboxylic acid groups (broad SMARTS) is 1. The zero-order chi connectivity index (χ0) is 11.3. The van der Waals surface area contributed by atoms with E-state index in [0.717, 1.165) is 12.8 Å². The van der Waals surface area contributed by atoms with Gasteiger partial charge in [-0.05, 0) is 18.8 Å². The van der Waals surface area contributed by atoms with Crippen LogP contribution in [0.5, 0.6) is 0 Å². The SMILES string of the molecule is COCC(=O)N(CCC(=O)O)CC1CC1. The number of methoxy groups -OCH3 is 1. The van der Waals surface area contributed by atoms with E-state index in [1.165, 1.54) is 7.11 Å². The molecule has 15 heavy (non-hydrogen) atoms. The second-order valence-electron chi connectivity index (χ2n) is 3.86. The number of carbonyl (C=O) groups is 2. The second kappa shape index (κ2) is 5.70. The van der Waals surface area contributed by atoms with Crippen molar-refractivity contribution in [2.24, 2.45) is 5.92 Å². The standard InChI is InChI=1S/C10H17NO4/c1-15-7-9(12)11(5-4-10(13)14)6-8-2-3-8/h8H,2-7H2,1H3,(H,13,14). The summed E-state index contributed by atoms with van der Waals surface area (Å²) in [5, 5.41) is 8.55. The molecule has 5 nitrogen and oxygen atoms in total. The van der Waals surface area contributed by atoms with Gasteiger partial charge in [0.05, 0.1) is 6.42 Å². The molecule has 0 aromatic carbocycles. The van der Waals surface area contributed by atoms with E-state index in [2.05, 4.69) is 0 Å². The quantitative estimate of drug-likeness (QED) is 0.665. The fraction of sp³-hybridized carbons (Fsp3) is 0.800. The highest BCUT2D eigenvalue weighted by molar-refractivity contribution is 5.78. The van der Waals surface area contributed by atoms with Crippen LogP contribution in [0.15, 0.2) is 0 Å². The van der Waals surface area contributed by atoms with Gasteiger partial charge in [-0.1, -0.05) is 0 Å². The Morgan fingerprint density at radius 1 is 1.47 bits per heavy atom. The average Bonchev–Trinajstić information content (AvgIpc) is 2.95. The predicted molar refractivity (Wildman–Crippen MR) is 53.4 cm³/mol. The molecule has 1 fully saturated rings. The molecule has 0 bridgehead atoms. The number of carboxylic acids is 1. The van der Waals surface area contributed by atoms with Crippen LogP contribution in [0.25, 0.3) is 0 Å². The van der Waals surface area contributed by atoms with Gasteiger partial charge in [-0.15, -0.1) is 0 Å². The number of amides is 1. The molecule has 0 aromatic heterocycles. The highest BCUT2D eigenvalue weighted by Gasteiger charge is 2.26. The Balaban J connectivity index is 2.35. The lowest BCUT2D eigenvalue weighted by molar-refractivity contribution is -0.139. The summed E-state index contributed by atoms with van der Waals surface area (Å²) in [6.07, 6.45) is 2.29. The molecule has 0 atom stereocenters. The molecule has 1 aliphatic carbocycles. The molecule has 5 heteroatoms. The molecule has 0 aromatic rings. The Hall–Kier alpha value is -1.10. The number of aliphatic carboxylic acids is 1. The molecule has 0 saturated heterocycles. The molecule has 1 amide bonds. The van der Waals surface area contributed by atoms with Gasteiger partial charge in [-0.2, -0.15) is 0 Å². The van der Waals surface area contributed by atoms with Crippen molar-refractivity contribution in [3.05, 3.63) is 0 Å². The molecule has 0 unspecified atom stereocenters. The Kier molecular flexibility index (Phi) is 4.55. The maximum Gasteiger partial charge on any atom is 0.305 e. The second-order valence-corrected chi connectivity index (χ2v) is 3.86. The summed E-state index contributed by atoms with van der Waals surface area (Å²) in [4.78, 5) is 23.5. The van der Waals surface area contributed by atoms with Crippen molar-refractivity contribution in [2.45, 2.75) is 19.3 Å². The van der Waals surface area contributed by atoms with Crippen molar-refractivity contribution in [3.8, 4) is 0 Å². The van der Waals surface area contributed by atoms with E-state index in [9.17, 15) is 9.59 Å². The largest absolute Gasteiger partial charge is 0.481 e. The van der Waals surface area contributed by atoms with Crippen molar-refractivity contribution in [1.82, 2.24) is 4.90 Å². The van der Waals surface area contributed by atoms with Gasteiger partial charge < -0.3 is 14.7 Å². The number of hydrogen-bond donors (Lipinski definition) is 1. The summed E-state index contributed by atoms with van der Waals surface area (Å²) in [5.41, 5.74) is 0. The Morgan fingerprint density at radius 2 is 2.13 bits per heavy atom. The van der Waals surface area contributed by atoms with Gasteiger partial charge in [-0.25, -0.2) is 0 Å². The van der Waals surface area contributed by atoms with Gasteiger partial charge in [0, 0.05) is 20.2 Å². The molecule has 1 aliphatic rings. The average molecular weight is 215 g/mol. The molecule has 1 N–H and O–H groups in total. The van der Waals surface area contributed by atoms with Gasteiger partial charge in [0.15, 0.2) is 0 Å².